The van der Waals surface area contributed by atoms with E-state index in [2.05, 4.69) is 16.0 Å². The molecule has 33 heavy (non-hydrogen) atoms. The van der Waals surface area contributed by atoms with Gasteiger partial charge < -0.3 is 25.3 Å². The number of benzene rings is 1. The van der Waals surface area contributed by atoms with Gasteiger partial charge in [0.15, 0.2) is 0 Å². The summed E-state index contributed by atoms with van der Waals surface area (Å²) in [6, 6.07) is 7.69. The average molecular weight is 459 g/mol. The van der Waals surface area contributed by atoms with Gasteiger partial charge in [-0.3, -0.25) is 9.59 Å². The standard InChI is InChI=1S/C24H31FN4O4/c1-24(2,3)28-23(32)29-12-10-16(11-13-29)20(22(31)26-15-19-5-4-14-33-19)27-21(30)17-6-8-18(25)9-7-17/h4-9,14,16,20H,10-13,15H2,1-3H3,(H,26,31)(H,27,30)(H,28,32)/t20-/m1/s1. The minimum Gasteiger partial charge on any atom is -0.467 e. The number of urea groups is 1. The minimum atomic E-state index is -0.801. The lowest BCUT2D eigenvalue weighted by Gasteiger charge is -2.37. The third-order valence-corrected chi connectivity index (χ3v) is 5.47. The Bertz CT molecular complexity index is 946. The van der Waals surface area contributed by atoms with Crippen molar-refractivity contribution in [2.75, 3.05) is 13.1 Å². The minimum absolute atomic E-state index is 0.143. The van der Waals surface area contributed by atoms with Crippen LogP contribution in [0.3, 0.4) is 0 Å². The fourth-order valence-electron chi connectivity index (χ4n) is 3.76. The molecule has 0 radical (unpaired) electrons. The Labute approximate surface area is 192 Å². The molecule has 1 aromatic carbocycles. The van der Waals surface area contributed by atoms with Gasteiger partial charge >= 0.3 is 6.03 Å². The van der Waals surface area contributed by atoms with Crippen molar-refractivity contribution in [2.24, 2.45) is 5.92 Å². The molecular weight excluding hydrogens is 427 g/mol. The fourth-order valence-corrected chi connectivity index (χ4v) is 3.76. The molecule has 0 aliphatic carbocycles. The third kappa shape index (κ3) is 7.06. The summed E-state index contributed by atoms with van der Waals surface area (Å²) in [6.45, 7) is 6.90. The Morgan fingerprint density at radius 3 is 2.36 bits per heavy atom. The molecule has 0 unspecified atom stereocenters. The van der Waals surface area contributed by atoms with E-state index >= 15 is 0 Å². The molecule has 2 heterocycles. The summed E-state index contributed by atoms with van der Waals surface area (Å²) in [5.74, 6) is -0.800. The van der Waals surface area contributed by atoms with Crippen LogP contribution in [-0.2, 0) is 11.3 Å². The zero-order valence-electron chi connectivity index (χ0n) is 19.2. The SMILES string of the molecule is CC(C)(C)NC(=O)N1CCC([C@@H](NC(=O)c2ccc(F)cc2)C(=O)NCc2ccco2)CC1. The van der Waals surface area contributed by atoms with Crippen LogP contribution in [-0.4, -0.2) is 47.4 Å². The highest BCUT2D eigenvalue weighted by atomic mass is 19.1. The van der Waals surface area contributed by atoms with E-state index in [9.17, 15) is 18.8 Å². The van der Waals surface area contributed by atoms with Crippen LogP contribution in [0.2, 0.25) is 0 Å². The van der Waals surface area contributed by atoms with Crippen LogP contribution in [0.25, 0.3) is 0 Å². The predicted octanol–water partition coefficient (Wildman–Crippen LogP) is 3.05. The highest BCUT2D eigenvalue weighted by molar-refractivity contribution is 5.97. The van der Waals surface area contributed by atoms with Crippen LogP contribution >= 0.6 is 0 Å². The number of nitrogens with one attached hydrogen (secondary N) is 3. The molecule has 1 saturated heterocycles. The molecule has 3 rings (SSSR count). The van der Waals surface area contributed by atoms with Crippen molar-refractivity contribution in [2.45, 2.75) is 51.7 Å². The van der Waals surface area contributed by atoms with Crippen molar-refractivity contribution in [3.8, 4) is 0 Å². The first-order chi connectivity index (χ1) is 15.6. The predicted molar refractivity (Wildman–Crippen MR) is 121 cm³/mol. The summed E-state index contributed by atoms with van der Waals surface area (Å²) in [6.07, 6.45) is 2.63. The van der Waals surface area contributed by atoms with Gasteiger partial charge in [-0.05, 0) is 75.9 Å². The van der Waals surface area contributed by atoms with Crippen LogP contribution in [0, 0.1) is 11.7 Å². The largest absolute Gasteiger partial charge is 0.467 e. The number of hydrogen-bond acceptors (Lipinski definition) is 4. The molecule has 8 nitrogen and oxygen atoms in total. The first kappa shape index (κ1) is 24.3. The Morgan fingerprint density at radius 2 is 1.79 bits per heavy atom. The molecule has 1 atom stereocenters. The Kier molecular flexibility index (Phi) is 7.73. The summed E-state index contributed by atoms with van der Waals surface area (Å²) >= 11 is 0. The number of amides is 4. The van der Waals surface area contributed by atoms with E-state index in [4.69, 9.17) is 4.42 Å². The molecule has 1 fully saturated rings. The lowest BCUT2D eigenvalue weighted by Crippen LogP contribution is -2.55. The molecule has 1 aliphatic heterocycles. The topological polar surface area (TPSA) is 104 Å². The average Bonchev–Trinajstić information content (AvgIpc) is 3.29. The van der Waals surface area contributed by atoms with Gasteiger partial charge in [0.25, 0.3) is 5.91 Å². The van der Waals surface area contributed by atoms with Gasteiger partial charge in [-0.1, -0.05) is 0 Å². The molecule has 2 aromatic rings. The maximum atomic E-state index is 13.2. The number of rotatable bonds is 6. The first-order valence-electron chi connectivity index (χ1n) is 11.1. The molecule has 1 aliphatic rings. The molecule has 3 N–H and O–H groups in total. The zero-order valence-corrected chi connectivity index (χ0v) is 19.2. The Morgan fingerprint density at radius 1 is 1.12 bits per heavy atom. The van der Waals surface area contributed by atoms with Gasteiger partial charge in [0.05, 0.1) is 12.8 Å². The third-order valence-electron chi connectivity index (χ3n) is 5.47. The summed E-state index contributed by atoms with van der Waals surface area (Å²) in [5, 5.41) is 8.57. The lowest BCUT2D eigenvalue weighted by atomic mass is 9.88. The van der Waals surface area contributed by atoms with E-state index in [-0.39, 0.29) is 35.5 Å². The zero-order chi connectivity index (χ0) is 24.0. The number of nitrogens with zero attached hydrogens (tertiary/aromatic N) is 1. The summed E-state index contributed by atoms with van der Waals surface area (Å²) in [7, 11) is 0. The molecule has 0 saturated carbocycles. The molecule has 0 spiro atoms. The maximum absolute atomic E-state index is 13.2. The number of hydrogen-bond donors (Lipinski definition) is 3. The number of carbonyl (C=O) groups excluding carboxylic acids is 3. The molecule has 9 heteroatoms. The van der Waals surface area contributed by atoms with E-state index in [1.165, 1.54) is 30.5 Å². The van der Waals surface area contributed by atoms with Crippen LogP contribution in [0.15, 0.2) is 47.1 Å². The van der Waals surface area contributed by atoms with Crippen LogP contribution < -0.4 is 16.0 Å². The second-order valence-electron chi connectivity index (χ2n) is 9.26. The molecule has 4 amide bonds. The summed E-state index contributed by atoms with van der Waals surface area (Å²) in [4.78, 5) is 40.0. The molecule has 1 aromatic heterocycles. The summed E-state index contributed by atoms with van der Waals surface area (Å²) in [5.41, 5.74) is -0.0760. The monoisotopic (exact) mass is 458 g/mol. The number of carbonyl (C=O) groups is 3. The van der Waals surface area contributed by atoms with Crippen LogP contribution in [0.5, 0.6) is 0 Å². The van der Waals surface area contributed by atoms with Crippen LogP contribution in [0.4, 0.5) is 9.18 Å². The Hall–Kier alpha value is -3.36. The second-order valence-corrected chi connectivity index (χ2v) is 9.26. The smallest absolute Gasteiger partial charge is 0.317 e. The molecule has 0 bridgehead atoms. The fraction of sp³-hybridized carbons (Fsp3) is 0.458. The summed E-state index contributed by atoms with van der Waals surface area (Å²) < 4.78 is 18.5. The lowest BCUT2D eigenvalue weighted by molar-refractivity contribution is -0.124. The van der Waals surface area contributed by atoms with Crippen molar-refractivity contribution >= 4 is 17.8 Å². The Balaban J connectivity index is 1.67. The van der Waals surface area contributed by atoms with Crippen molar-refractivity contribution in [1.29, 1.82) is 0 Å². The van der Waals surface area contributed by atoms with E-state index in [1.54, 1.807) is 17.0 Å². The highest BCUT2D eigenvalue weighted by Gasteiger charge is 2.34. The van der Waals surface area contributed by atoms with E-state index in [1.807, 2.05) is 20.8 Å². The normalized spacial score (nSPS) is 15.6. The number of likely N-dealkylation sites (tertiary alicyclic amines) is 1. The van der Waals surface area contributed by atoms with Crippen molar-refractivity contribution in [3.05, 3.63) is 59.8 Å². The van der Waals surface area contributed by atoms with Gasteiger partial charge in [-0.15, -0.1) is 0 Å². The van der Waals surface area contributed by atoms with Gasteiger partial charge in [-0.25, -0.2) is 9.18 Å². The van der Waals surface area contributed by atoms with E-state index in [0.717, 1.165) is 0 Å². The maximum Gasteiger partial charge on any atom is 0.317 e. The van der Waals surface area contributed by atoms with Crippen LogP contribution in [0.1, 0.15) is 49.7 Å². The number of halogens is 1. The highest BCUT2D eigenvalue weighted by Crippen LogP contribution is 2.22. The van der Waals surface area contributed by atoms with Gasteiger partial charge in [-0.2, -0.15) is 0 Å². The first-order valence-corrected chi connectivity index (χ1v) is 11.1. The van der Waals surface area contributed by atoms with Gasteiger partial charge in [0.2, 0.25) is 5.91 Å². The van der Waals surface area contributed by atoms with Crippen molar-refractivity contribution in [1.82, 2.24) is 20.9 Å². The number of piperidine rings is 1. The number of furan rings is 1. The van der Waals surface area contributed by atoms with E-state index in [0.29, 0.717) is 31.7 Å². The molecular formula is C24H31FN4O4. The quantitative estimate of drug-likeness (QED) is 0.619. The van der Waals surface area contributed by atoms with Gasteiger partial charge in [0, 0.05) is 24.2 Å². The van der Waals surface area contributed by atoms with E-state index < -0.39 is 17.8 Å². The van der Waals surface area contributed by atoms with Crippen molar-refractivity contribution < 1.29 is 23.2 Å². The van der Waals surface area contributed by atoms with Crippen molar-refractivity contribution in [3.63, 3.8) is 0 Å². The molecule has 178 valence electrons. The second kappa shape index (κ2) is 10.5. The van der Waals surface area contributed by atoms with Gasteiger partial charge in [0.1, 0.15) is 17.6 Å².